The molecule has 0 spiro atoms. The minimum absolute atomic E-state index is 0.0826. The number of nitrogens with zero attached hydrogens (tertiary/aromatic N) is 3. The summed E-state index contributed by atoms with van der Waals surface area (Å²) in [4.78, 5) is 0. The van der Waals surface area contributed by atoms with Crippen LogP contribution in [-0.2, 0) is 0 Å². The number of allylic oxidation sites excluding steroid dienone is 2. The fraction of sp³-hybridized carbons (Fsp3) is 0.214. The van der Waals surface area contributed by atoms with Crippen LogP contribution in [0.3, 0.4) is 0 Å². The van der Waals surface area contributed by atoms with E-state index in [0.29, 0.717) is 0 Å². The Labute approximate surface area is 116 Å². The van der Waals surface area contributed by atoms with Crippen molar-refractivity contribution in [2.24, 2.45) is 0 Å². The lowest BCUT2D eigenvalue weighted by Crippen LogP contribution is -2.10. The highest BCUT2D eigenvalue weighted by Crippen LogP contribution is 2.29. The maximum absolute atomic E-state index is 13.8. The molecule has 0 aliphatic heterocycles. The molecule has 0 radical (unpaired) electrons. The average molecular weight is 270 g/mol. The Hall–Kier alpha value is -3.04. The molecular formula is C14H11FN4O. The first-order chi connectivity index (χ1) is 9.53. The van der Waals surface area contributed by atoms with Gasteiger partial charge in [-0.1, -0.05) is 6.07 Å². The summed E-state index contributed by atoms with van der Waals surface area (Å²) in [5.74, 6) is -0.450. The van der Waals surface area contributed by atoms with Gasteiger partial charge in [0.05, 0.1) is 6.10 Å². The Morgan fingerprint density at radius 3 is 2.35 bits per heavy atom. The van der Waals surface area contributed by atoms with Gasteiger partial charge in [0, 0.05) is 0 Å². The Morgan fingerprint density at radius 2 is 1.85 bits per heavy atom. The van der Waals surface area contributed by atoms with Crippen molar-refractivity contribution in [3.63, 3.8) is 0 Å². The van der Waals surface area contributed by atoms with Gasteiger partial charge in [-0.15, -0.1) is 0 Å². The lowest BCUT2D eigenvalue weighted by molar-refractivity contribution is 0.243. The van der Waals surface area contributed by atoms with E-state index < -0.39 is 11.4 Å². The monoisotopic (exact) mass is 270 g/mol. The molecule has 0 fully saturated rings. The number of anilines is 1. The first kappa shape index (κ1) is 15.0. The number of halogens is 1. The van der Waals surface area contributed by atoms with Crippen molar-refractivity contribution in [2.45, 2.75) is 20.0 Å². The highest BCUT2D eigenvalue weighted by Gasteiger charge is 2.14. The van der Waals surface area contributed by atoms with Crippen LogP contribution in [0.2, 0.25) is 0 Å². The fourth-order valence-electron chi connectivity index (χ4n) is 1.39. The third kappa shape index (κ3) is 3.48. The molecule has 1 aromatic carbocycles. The molecule has 0 atom stereocenters. The molecule has 0 saturated carbocycles. The van der Waals surface area contributed by atoms with Crippen LogP contribution in [0.15, 0.2) is 29.5 Å². The van der Waals surface area contributed by atoms with Gasteiger partial charge in [0.1, 0.15) is 41.2 Å². The highest BCUT2D eigenvalue weighted by atomic mass is 19.1. The summed E-state index contributed by atoms with van der Waals surface area (Å²) >= 11 is 0. The van der Waals surface area contributed by atoms with E-state index in [1.807, 2.05) is 0 Å². The van der Waals surface area contributed by atoms with Crippen LogP contribution in [0.5, 0.6) is 5.75 Å². The van der Waals surface area contributed by atoms with Crippen molar-refractivity contribution >= 4 is 5.69 Å². The molecule has 0 saturated heterocycles. The zero-order valence-electron chi connectivity index (χ0n) is 10.9. The van der Waals surface area contributed by atoms with Gasteiger partial charge >= 0.3 is 0 Å². The minimum Gasteiger partial charge on any atom is -0.489 e. The zero-order chi connectivity index (χ0) is 15.1. The molecule has 0 bridgehead atoms. The predicted molar refractivity (Wildman–Crippen MR) is 69.7 cm³/mol. The number of nitrogens with one attached hydrogen (secondary N) is 1. The Kier molecular flexibility index (Phi) is 5.09. The first-order valence-electron chi connectivity index (χ1n) is 5.70. The van der Waals surface area contributed by atoms with E-state index in [2.05, 4.69) is 5.32 Å². The van der Waals surface area contributed by atoms with Gasteiger partial charge in [-0.2, -0.15) is 15.8 Å². The maximum Gasteiger partial charge on any atom is 0.163 e. The Morgan fingerprint density at radius 1 is 1.20 bits per heavy atom. The average Bonchev–Trinajstić information content (AvgIpc) is 2.41. The topological polar surface area (TPSA) is 92.6 Å². The predicted octanol–water partition coefficient (Wildman–Crippen LogP) is 2.85. The van der Waals surface area contributed by atoms with E-state index in [-0.39, 0.29) is 23.2 Å². The van der Waals surface area contributed by atoms with Gasteiger partial charge in [-0.3, -0.25) is 0 Å². The van der Waals surface area contributed by atoms with E-state index in [9.17, 15) is 4.39 Å². The van der Waals surface area contributed by atoms with Crippen LogP contribution in [0.4, 0.5) is 10.1 Å². The fourth-order valence-corrected chi connectivity index (χ4v) is 1.39. The maximum atomic E-state index is 13.8. The molecule has 5 nitrogen and oxygen atoms in total. The molecular weight excluding hydrogens is 259 g/mol. The molecule has 1 aromatic rings. The number of hydrogen-bond acceptors (Lipinski definition) is 5. The SMILES string of the molecule is CC(C)Oc1cccc(F)c1NC(C#N)=C(C#N)C#N. The van der Waals surface area contributed by atoms with E-state index in [0.717, 1.165) is 0 Å². The lowest BCUT2D eigenvalue weighted by atomic mass is 10.2. The molecule has 0 heterocycles. The third-order valence-electron chi connectivity index (χ3n) is 2.17. The number of para-hydroxylation sites is 1. The van der Waals surface area contributed by atoms with Gasteiger partial charge in [-0.25, -0.2) is 4.39 Å². The van der Waals surface area contributed by atoms with E-state index in [1.54, 1.807) is 32.1 Å². The van der Waals surface area contributed by atoms with Crippen LogP contribution in [-0.4, -0.2) is 6.10 Å². The smallest absolute Gasteiger partial charge is 0.163 e. The second-order valence-corrected chi connectivity index (χ2v) is 3.99. The van der Waals surface area contributed by atoms with E-state index >= 15 is 0 Å². The molecule has 0 aliphatic carbocycles. The number of nitriles is 3. The van der Waals surface area contributed by atoms with Crippen LogP contribution in [0.25, 0.3) is 0 Å². The van der Waals surface area contributed by atoms with Crippen molar-refractivity contribution in [2.75, 3.05) is 5.32 Å². The van der Waals surface area contributed by atoms with Crippen molar-refractivity contribution in [1.82, 2.24) is 0 Å². The minimum atomic E-state index is -0.647. The summed E-state index contributed by atoms with van der Waals surface area (Å²) < 4.78 is 19.2. The highest BCUT2D eigenvalue weighted by molar-refractivity contribution is 5.65. The van der Waals surface area contributed by atoms with Crippen molar-refractivity contribution in [1.29, 1.82) is 15.8 Å². The Bertz CT molecular complexity index is 643. The third-order valence-corrected chi connectivity index (χ3v) is 2.17. The molecule has 100 valence electrons. The molecule has 0 unspecified atom stereocenters. The lowest BCUT2D eigenvalue weighted by Gasteiger charge is -2.15. The number of benzene rings is 1. The second kappa shape index (κ2) is 6.78. The van der Waals surface area contributed by atoms with Gasteiger partial charge in [0.15, 0.2) is 5.57 Å². The summed E-state index contributed by atoms with van der Waals surface area (Å²) in [7, 11) is 0. The summed E-state index contributed by atoms with van der Waals surface area (Å²) in [6.45, 7) is 3.54. The van der Waals surface area contributed by atoms with Gasteiger partial charge < -0.3 is 10.1 Å². The summed E-state index contributed by atoms with van der Waals surface area (Å²) in [6, 6.07) is 8.98. The zero-order valence-corrected chi connectivity index (χ0v) is 10.9. The molecule has 0 aliphatic rings. The van der Waals surface area contributed by atoms with Crippen molar-refractivity contribution < 1.29 is 9.13 Å². The van der Waals surface area contributed by atoms with Crippen molar-refractivity contribution in [3.05, 3.63) is 35.3 Å². The molecule has 6 heteroatoms. The molecule has 20 heavy (non-hydrogen) atoms. The first-order valence-corrected chi connectivity index (χ1v) is 5.70. The molecule has 0 amide bonds. The standard InChI is InChI=1S/C14H11FN4O/c1-9(2)20-13-5-3-4-11(15)14(13)19-12(8-18)10(6-16)7-17/h3-5,9,19H,1-2H3. The van der Waals surface area contributed by atoms with Crippen LogP contribution in [0.1, 0.15) is 13.8 Å². The van der Waals surface area contributed by atoms with E-state index in [1.165, 1.54) is 18.2 Å². The normalized spacial score (nSPS) is 9.05. The summed E-state index contributed by atoms with van der Waals surface area (Å²) in [5, 5.41) is 28.9. The molecule has 1 N–H and O–H groups in total. The van der Waals surface area contributed by atoms with Crippen LogP contribution in [0, 0.1) is 39.8 Å². The number of rotatable bonds is 4. The second-order valence-electron chi connectivity index (χ2n) is 3.99. The number of ether oxygens (including phenoxy) is 1. The van der Waals surface area contributed by atoms with Crippen molar-refractivity contribution in [3.8, 4) is 24.0 Å². The largest absolute Gasteiger partial charge is 0.489 e. The summed E-state index contributed by atoms with van der Waals surface area (Å²) in [6.07, 6.45) is -0.196. The van der Waals surface area contributed by atoms with E-state index in [4.69, 9.17) is 20.5 Å². The van der Waals surface area contributed by atoms with Gasteiger partial charge in [0.2, 0.25) is 0 Å². The Balaban J connectivity index is 3.29. The summed E-state index contributed by atoms with van der Waals surface area (Å²) in [5.41, 5.74) is -0.833. The quantitative estimate of drug-likeness (QED) is 0.849. The molecule has 0 aromatic heterocycles. The van der Waals surface area contributed by atoms with Crippen LogP contribution >= 0.6 is 0 Å². The molecule has 1 rings (SSSR count). The van der Waals surface area contributed by atoms with Crippen LogP contribution < -0.4 is 10.1 Å². The van der Waals surface area contributed by atoms with Gasteiger partial charge in [0.25, 0.3) is 0 Å². The number of hydrogen-bond donors (Lipinski definition) is 1. The van der Waals surface area contributed by atoms with Gasteiger partial charge in [-0.05, 0) is 26.0 Å².